The third-order valence-electron chi connectivity index (χ3n) is 5.63. The summed E-state index contributed by atoms with van der Waals surface area (Å²) in [4.78, 5) is 4.71. The van der Waals surface area contributed by atoms with Crippen molar-refractivity contribution in [2.24, 2.45) is 16.3 Å². The zero-order valence-corrected chi connectivity index (χ0v) is 16.2. The molecule has 1 saturated carbocycles. The first kappa shape index (κ1) is 18.8. The number of nitrogens with zero attached hydrogens (tertiary/aromatic N) is 1. The molecule has 3 N–H and O–H groups in total. The molecule has 3 rings (SSSR count). The van der Waals surface area contributed by atoms with E-state index in [2.05, 4.69) is 31.4 Å². The Labute approximate surface area is 156 Å². The van der Waals surface area contributed by atoms with Crippen molar-refractivity contribution in [2.45, 2.75) is 52.3 Å². The van der Waals surface area contributed by atoms with Crippen LogP contribution >= 0.6 is 0 Å². The average Bonchev–Trinajstić information content (AvgIpc) is 2.64. The molecule has 6 heteroatoms. The highest BCUT2D eigenvalue weighted by Crippen LogP contribution is 2.51. The fourth-order valence-corrected chi connectivity index (χ4v) is 4.29. The van der Waals surface area contributed by atoms with Gasteiger partial charge in [0.05, 0.1) is 19.8 Å². The summed E-state index contributed by atoms with van der Waals surface area (Å²) in [5, 5.41) is 16.9. The number of phenols is 1. The van der Waals surface area contributed by atoms with E-state index >= 15 is 0 Å². The minimum Gasteiger partial charge on any atom is -0.504 e. The number of ether oxygens (including phenoxy) is 2. The molecule has 0 radical (unpaired) electrons. The Hall–Kier alpha value is -1.95. The molecule has 1 aliphatic carbocycles. The number of benzene rings is 1. The van der Waals surface area contributed by atoms with Gasteiger partial charge >= 0.3 is 0 Å². The van der Waals surface area contributed by atoms with Gasteiger partial charge in [-0.3, -0.25) is 0 Å². The standard InChI is InChI=1S/C20H31N3O3/c1-5-21-19(22-12-13-8-9-16(25-4)15(24)11-13)23-17-14-7-6-10-26-18(14)20(17,2)3/h8-9,11,14,17-18,24H,5-7,10,12H2,1-4H3,(H2,21,22,23). The molecule has 0 spiro atoms. The van der Waals surface area contributed by atoms with Crippen LogP contribution in [0, 0.1) is 11.3 Å². The van der Waals surface area contributed by atoms with Crippen molar-refractivity contribution >= 4 is 5.96 Å². The number of methoxy groups -OCH3 is 1. The Morgan fingerprint density at radius 1 is 1.42 bits per heavy atom. The molecule has 3 atom stereocenters. The maximum absolute atomic E-state index is 9.93. The molecule has 6 nitrogen and oxygen atoms in total. The predicted molar refractivity (Wildman–Crippen MR) is 103 cm³/mol. The molecule has 0 bridgehead atoms. The lowest BCUT2D eigenvalue weighted by Crippen LogP contribution is -2.71. The van der Waals surface area contributed by atoms with Gasteiger partial charge in [-0.1, -0.05) is 19.9 Å². The lowest BCUT2D eigenvalue weighted by Gasteiger charge is -2.60. The van der Waals surface area contributed by atoms with Crippen LogP contribution in [0.3, 0.4) is 0 Å². The van der Waals surface area contributed by atoms with Gasteiger partial charge in [0.1, 0.15) is 0 Å². The molecule has 1 aromatic rings. The number of aliphatic imine (C=N–C) groups is 1. The summed E-state index contributed by atoms with van der Waals surface area (Å²) in [6.45, 7) is 8.77. The highest BCUT2D eigenvalue weighted by atomic mass is 16.5. The van der Waals surface area contributed by atoms with Gasteiger partial charge in [0.15, 0.2) is 17.5 Å². The number of hydrogen-bond acceptors (Lipinski definition) is 4. The van der Waals surface area contributed by atoms with E-state index in [-0.39, 0.29) is 11.2 Å². The van der Waals surface area contributed by atoms with Gasteiger partial charge in [-0.25, -0.2) is 4.99 Å². The third-order valence-corrected chi connectivity index (χ3v) is 5.63. The number of nitrogens with one attached hydrogen (secondary N) is 2. The van der Waals surface area contributed by atoms with Gasteiger partial charge in [-0.15, -0.1) is 0 Å². The molecule has 1 aromatic carbocycles. The second-order valence-electron chi connectivity index (χ2n) is 7.74. The maximum Gasteiger partial charge on any atom is 0.191 e. The second kappa shape index (κ2) is 7.74. The molecule has 26 heavy (non-hydrogen) atoms. The largest absolute Gasteiger partial charge is 0.504 e. The average molecular weight is 361 g/mol. The Balaban J connectivity index is 1.68. The fraction of sp³-hybridized carbons (Fsp3) is 0.650. The molecule has 2 fully saturated rings. The molecule has 1 heterocycles. The first-order valence-corrected chi connectivity index (χ1v) is 9.49. The van der Waals surface area contributed by atoms with Crippen LogP contribution in [0.4, 0.5) is 0 Å². The van der Waals surface area contributed by atoms with E-state index in [1.165, 1.54) is 6.42 Å². The van der Waals surface area contributed by atoms with Crippen LogP contribution in [-0.4, -0.2) is 43.5 Å². The fourth-order valence-electron chi connectivity index (χ4n) is 4.29. The molecular formula is C20H31N3O3. The summed E-state index contributed by atoms with van der Waals surface area (Å²) in [5.41, 5.74) is 1.03. The Morgan fingerprint density at radius 3 is 2.92 bits per heavy atom. The summed E-state index contributed by atoms with van der Waals surface area (Å²) in [6, 6.07) is 5.74. The minimum absolute atomic E-state index is 0.0969. The molecular weight excluding hydrogens is 330 g/mol. The highest BCUT2D eigenvalue weighted by Gasteiger charge is 2.58. The summed E-state index contributed by atoms with van der Waals surface area (Å²) in [5.74, 6) is 1.97. The van der Waals surface area contributed by atoms with Gasteiger partial charge in [0, 0.05) is 30.5 Å². The van der Waals surface area contributed by atoms with Crippen LogP contribution in [0.5, 0.6) is 11.5 Å². The summed E-state index contributed by atoms with van der Waals surface area (Å²) in [7, 11) is 1.54. The Kier molecular flexibility index (Phi) is 5.61. The quantitative estimate of drug-likeness (QED) is 0.555. The van der Waals surface area contributed by atoms with E-state index in [4.69, 9.17) is 14.5 Å². The van der Waals surface area contributed by atoms with Crippen LogP contribution in [0.25, 0.3) is 0 Å². The van der Waals surface area contributed by atoms with Crippen LogP contribution in [0.15, 0.2) is 23.2 Å². The van der Waals surface area contributed by atoms with Crippen LogP contribution < -0.4 is 15.4 Å². The molecule has 3 unspecified atom stereocenters. The number of rotatable bonds is 5. The first-order valence-electron chi connectivity index (χ1n) is 9.49. The SMILES string of the molecule is CCNC(=NCc1ccc(OC)c(O)c1)NC1C2CCCOC2C1(C)C. The molecule has 0 amide bonds. The lowest BCUT2D eigenvalue weighted by molar-refractivity contribution is -0.188. The van der Waals surface area contributed by atoms with E-state index in [1.54, 1.807) is 19.2 Å². The highest BCUT2D eigenvalue weighted by molar-refractivity contribution is 5.80. The van der Waals surface area contributed by atoms with Gasteiger partial charge < -0.3 is 25.2 Å². The van der Waals surface area contributed by atoms with Crippen LogP contribution in [0.2, 0.25) is 0 Å². The van der Waals surface area contributed by atoms with Crippen molar-refractivity contribution in [1.29, 1.82) is 0 Å². The molecule has 144 valence electrons. The van der Waals surface area contributed by atoms with E-state index in [9.17, 15) is 5.11 Å². The number of phenolic OH excluding ortho intramolecular Hbond substituents is 1. The lowest BCUT2D eigenvalue weighted by atomic mass is 9.55. The normalized spacial score (nSPS) is 27.2. The number of fused-ring (bicyclic) bond motifs is 1. The van der Waals surface area contributed by atoms with Crippen molar-refractivity contribution < 1.29 is 14.6 Å². The van der Waals surface area contributed by atoms with Gasteiger partial charge in [0.2, 0.25) is 0 Å². The van der Waals surface area contributed by atoms with E-state index in [0.717, 1.165) is 31.1 Å². The van der Waals surface area contributed by atoms with Crippen molar-refractivity contribution in [3.63, 3.8) is 0 Å². The Bertz CT molecular complexity index is 660. The smallest absolute Gasteiger partial charge is 0.191 e. The maximum atomic E-state index is 9.93. The molecule has 1 saturated heterocycles. The van der Waals surface area contributed by atoms with Crippen molar-refractivity contribution in [2.75, 3.05) is 20.3 Å². The minimum atomic E-state index is 0.0969. The van der Waals surface area contributed by atoms with E-state index in [1.807, 2.05) is 6.07 Å². The number of hydrogen-bond donors (Lipinski definition) is 3. The molecule has 0 aromatic heterocycles. The van der Waals surface area contributed by atoms with Gasteiger partial charge in [-0.05, 0) is 37.5 Å². The van der Waals surface area contributed by atoms with E-state index < -0.39 is 0 Å². The number of guanidine groups is 1. The van der Waals surface area contributed by atoms with Crippen molar-refractivity contribution in [3.8, 4) is 11.5 Å². The van der Waals surface area contributed by atoms with Crippen LogP contribution in [0.1, 0.15) is 39.2 Å². The second-order valence-corrected chi connectivity index (χ2v) is 7.74. The van der Waals surface area contributed by atoms with Gasteiger partial charge in [-0.2, -0.15) is 0 Å². The van der Waals surface area contributed by atoms with E-state index in [0.29, 0.717) is 30.4 Å². The summed E-state index contributed by atoms with van der Waals surface area (Å²) in [6.07, 6.45) is 2.68. The summed E-state index contributed by atoms with van der Waals surface area (Å²) < 4.78 is 11.1. The predicted octanol–water partition coefficient (Wildman–Crippen LogP) is 2.66. The number of aromatic hydroxyl groups is 1. The zero-order valence-electron chi connectivity index (χ0n) is 16.2. The van der Waals surface area contributed by atoms with Gasteiger partial charge in [0.25, 0.3) is 0 Å². The zero-order chi connectivity index (χ0) is 18.7. The first-order chi connectivity index (χ1) is 12.5. The van der Waals surface area contributed by atoms with Crippen molar-refractivity contribution in [3.05, 3.63) is 23.8 Å². The van der Waals surface area contributed by atoms with Crippen LogP contribution in [-0.2, 0) is 11.3 Å². The van der Waals surface area contributed by atoms with Crippen molar-refractivity contribution in [1.82, 2.24) is 10.6 Å². The Morgan fingerprint density at radius 2 is 2.23 bits per heavy atom. The summed E-state index contributed by atoms with van der Waals surface area (Å²) >= 11 is 0. The monoisotopic (exact) mass is 361 g/mol. The third kappa shape index (κ3) is 3.61. The molecule has 1 aliphatic heterocycles. The molecule has 2 aliphatic rings. The topological polar surface area (TPSA) is 75.1 Å².